The van der Waals surface area contributed by atoms with Gasteiger partial charge in [0.05, 0.1) is 10.0 Å². The van der Waals surface area contributed by atoms with Gasteiger partial charge in [0.15, 0.2) is 0 Å². The van der Waals surface area contributed by atoms with Crippen LogP contribution in [0.25, 0.3) is 0 Å². The molecular formula is C11H14Cl2N2O. The summed E-state index contributed by atoms with van der Waals surface area (Å²) < 4.78 is 0. The number of nitrogens with two attached hydrogens (primary N) is 1. The van der Waals surface area contributed by atoms with Crippen LogP contribution in [-0.4, -0.2) is 18.2 Å². The summed E-state index contributed by atoms with van der Waals surface area (Å²) in [5.74, 6) is 0.456. The lowest BCUT2D eigenvalue weighted by molar-refractivity contribution is 0.425. The van der Waals surface area contributed by atoms with E-state index in [1.807, 2.05) is 0 Å². The van der Waals surface area contributed by atoms with Crippen molar-refractivity contribution in [2.45, 2.75) is 12.5 Å². The van der Waals surface area contributed by atoms with Crippen molar-refractivity contribution in [1.29, 1.82) is 0 Å². The molecule has 0 aliphatic carbocycles. The first-order chi connectivity index (χ1) is 7.59. The number of phenolic OH excluding ortho intramolecular Hbond substituents is 1. The smallest absolute Gasteiger partial charge is 0.121 e. The molecule has 16 heavy (non-hydrogen) atoms. The van der Waals surface area contributed by atoms with Gasteiger partial charge in [-0.15, -0.1) is 0 Å². The Bertz CT molecular complexity index is 392. The Hall–Kier alpha value is -0.480. The highest BCUT2D eigenvalue weighted by molar-refractivity contribution is 6.42. The Morgan fingerprint density at radius 2 is 2.06 bits per heavy atom. The molecule has 1 aromatic carbocycles. The van der Waals surface area contributed by atoms with E-state index in [9.17, 15) is 5.11 Å². The average molecular weight is 261 g/mol. The normalized spacial score (nSPS) is 22.3. The predicted molar refractivity (Wildman–Crippen MR) is 66.0 cm³/mol. The van der Waals surface area contributed by atoms with Crippen LogP contribution in [0, 0.1) is 5.92 Å². The van der Waals surface area contributed by atoms with Gasteiger partial charge in [-0.05, 0) is 31.5 Å². The van der Waals surface area contributed by atoms with Gasteiger partial charge in [0.2, 0.25) is 0 Å². The molecule has 2 atom stereocenters. The van der Waals surface area contributed by atoms with Crippen LogP contribution in [-0.2, 0) is 0 Å². The van der Waals surface area contributed by atoms with Gasteiger partial charge in [-0.3, -0.25) is 0 Å². The first-order valence-corrected chi connectivity index (χ1v) is 5.99. The molecule has 0 radical (unpaired) electrons. The van der Waals surface area contributed by atoms with Crippen molar-refractivity contribution >= 4 is 23.2 Å². The van der Waals surface area contributed by atoms with Crippen molar-refractivity contribution in [2.24, 2.45) is 11.7 Å². The van der Waals surface area contributed by atoms with E-state index in [0.29, 0.717) is 21.5 Å². The quantitative estimate of drug-likeness (QED) is 0.765. The maximum absolute atomic E-state index is 9.80. The third-order valence-electron chi connectivity index (χ3n) is 3.04. The van der Waals surface area contributed by atoms with Crippen molar-refractivity contribution in [3.63, 3.8) is 0 Å². The fraction of sp³-hybridized carbons (Fsp3) is 0.455. The minimum Gasteiger partial charge on any atom is -0.508 e. The first-order valence-electron chi connectivity index (χ1n) is 5.24. The number of hydrogen-bond donors (Lipinski definition) is 3. The number of aromatic hydroxyl groups is 1. The first kappa shape index (κ1) is 12.0. The van der Waals surface area contributed by atoms with Crippen LogP contribution in [0.5, 0.6) is 5.75 Å². The Labute approximate surface area is 105 Å². The molecule has 5 heteroatoms. The van der Waals surface area contributed by atoms with E-state index < -0.39 is 0 Å². The van der Waals surface area contributed by atoms with Crippen LogP contribution in [0.15, 0.2) is 12.1 Å². The highest BCUT2D eigenvalue weighted by atomic mass is 35.5. The zero-order valence-corrected chi connectivity index (χ0v) is 10.2. The highest BCUT2D eigenvalue weighted by Gasteiger charge is 2.25. The molecule has 2 rings (SSSR count). The maximum atomic E-state index is 9.80. The number of hydrogen-bond acceptors (Lipinski definition) is 3. The van der Waals surface area contributed by atoms with Crippen molar-refractivity contribution in [3.8, 4) is 5.75 Å². The summed E-state index contributed by atoms with van der Waals surface area (Å²) in [4.78, 5) is 0. The maximum Gasteiger partial charge on any atom is 0.121 e. The molecule has 0 amide bonds. The van der Waals surface area contributed by atoms with Gasteiger partial charge < -0.3 is 16.2 Å². The lowest BCUT2D eigenvalue weighted by Crippen LogP contribution is -2.23. The molecule has 1 aliphatic heterocycles. The summed E-state index contributed by atoms with van der Waals surface area (Å²) in [6.07, 6.45) is 1.01. The third-order valence-corrected chi connectivity index (χ3v) is 3.76. The molecule has 0 saturated carbocycles. The molecule has 3 nitrogen and oxygen atoms in total. The summed E-state index contributed by atoms with van der Waals surface area (Å²) in [6, 6.07) is 2.90. The lowest BCUT2D eigenvalue weighted by atomic mass is 9.92. The molecule has 1 aromatic rings. The van der Waals surface area contributed by atoms with E-state index >= 15 is 0 Å². The largest absolute Gasteiger partial charge is 0.508 e. The minimum atomic E-state index is -0.204. The van der Waals surface area contributed by atoms with Crippen molar-refractivity contribution < 1.29 is 5.11 Å². The predicted octanol–water partition coefficient (Wildman–Crippen LogP) is 2.31. The van der Waals surface area contributed by atoms with E-state index in [4.69, 9.17) is 28.9 Å². The zero-order valence-electron chi connectivity index (χ0n) is 8.71. The summed E-state index contributed by atoms with van der Waals surface area (Å²) in [6.45, 7) is 1.85. The van der Waals surface area contributed by atoms with E-state index in [1.165, 1.54) is 6.07 Å². The average Bonchev–Trinajstić information content (AvgIpc) is 2.75. The number of benzene rings is 1. The molecule has 0 aromatic heterocycles. The number of rotatable bonds is 2. The molecule has 0 spiro atoms. The van der Waals surface area contributed by atoms with E-state index in [0.717, 1.165) is 19.5 Å². The van der Waals surface area contributed by atoms with Crippen LogP contribution in [0.1, 0.15) is 18.0 Å². The molecular weight excluding hydrogens is 247 g/mol. The van der Waals surface area contributed by atoms with Gasteiger partial charge in [0.1, 0.15) is 5.75 Å². The van der Waals surface area contributed by atoms with E-state index in [1.54, 1.807) is 6.07 Å². The van der Waals surface area contributed by atoms with Gasteiger partial charge >= 0.3 is 0 Å². The standard InChI is InChI=1S/C11H14Cl2N2O/c12-8-3-7(10(16)4-9(8)13)11(14)6-1-2-15-5-6/h3-4,6,11,15-16H,1-2,5,14H2/t6-,11+/m0/s1. The molecule has 1 heterocycles. The van der Waals surface area contributed by atoms with Gasteiger partial charge in [-0.1, -0.05) is 23.2 Å². The second-order valence-corrected chi connectivity index (χ2v) is 4.92. The monoisotopic (exact) mass is 260 g/mol. The number of phenols is 1. The van der Waals surface area contributed by atoms with Gasteiger partial charge in [0, 0.05) is 17.7 Å². The van der Waals surface area contributed by atoms with Crippen molar-refractivity contribution in [2.75, 3.05) is 13.1 Å². The molecule has 88 valence electrons. The topological polar surface area (TPSA) is 58.3 Å². The fourth-order valence-corrected chi connectivity index (χ4v) is 2.39. The summed E-state index contributed by atoms with van der Waals surface area (Å²) in [5, 5.41) is 13.8. The van der Waals surface area contributed by atoms with Gasteiger partial charge in [-0.2, -0.15) is 0 Å². The van der Waals surface area contributed by atoms with Crippen LogP contribution < -0.4 is 11.1 Å². The minimum absolute atomic E-state index is 0.119. The Morgan fingerprint density at radius 3 is 2.69 bits per heavy atom. The number of halogens is 2. The van der Waals surface area contributed by atoms with Crippen LogP contribution in [0.3, 0.4) is 0 Å². The molecule has 0 unspecified atom stereocenters. The zero-order chi connectivity index (χ0) is 11.7. The molecule has 0 bridgehead atoms. The summed E-state index contributed by atoms with van der Waals surface area (Å²) >= 11 is 11.7. The molecule has 1 aliphatic rings. The van der Waals surface area contributed by atoms with Crippen molar-refractivity contribution in [3.05, 3.63) is 27.7 Å². The molecule has 4 N–H and O–H groups in total. The Balaban J connectivity index is 2.28. The molecule has 1 saturated heterocycles. The van der Waals surface area contributed by atoms with Crippen LogP contribution in [0.2, 0.25) is 10.0 Å². The fourth-order valence-electron chi connectivity index (χ4n) is 2.06. The third kappa shape index (κ3) is 2.28. The van der Waals surface area contributed by atoms with Gasteiger partial charge in [0.25, 0.3) is 0 Å². The second kappa shape index (κ2) is 4.80. The van der Waals surface area contributed by atoms with E-state index in [2.05, 4.69) is 5.32 Å². The van der Waals surface area contributed by atoms with Gasteiger partial charge in [-0.25, -0.2) is 0 Å². The van der Waals surface area contributed by atoms with Crippen LogP contribution in [0.4, 0.5) is 0 Å². The molecule has 1 fully saturated rings. The Morgan fingerprint density at radius 1 is 1.38 bits per heavy atom. The summed E-state index contributed by atoms with van der Waals surface area (Å²) in [5.41, 5.74) is 6.79. The lowest BCUT2D eigenvalue weighted by Gasteiger charge is -2.20. The Kier molecular flexibility index (Phi) is 3.60. The van der Waals surface area contributed by atoms with Crippen molar-refractivity contribution in [1.82, 2.24) is 5.32 Å². The number of nitrogens with one attached hydrogen (secondary N) is 1. The second-order valence-electron chi connectivity index (χ2n) is 4.10. The highest BCUT2D eigenvalue weighted by Crippen LogP contribution is 2.36. The SMILES string of the molecule is N[C@@H](c1cc(Cl)c(Cl)cc1O)[C@H]1CCNC1. The van der Waals surface area contributed by atoms with E-state index in [-0.39, 0.29) is 11.8 Å². The van der Waals surface area contributed by atoms with Crippen LogP contribution >= 0.6 is 23.2 Å². The summed E-state index contributed by atoms with van der Waals surface area (Å²) in [7, 11) is 0.